The molecule has 1 aromatic heterocycles. The summed E-state index contributed by atoms with van der Waals surface area (Å²) in [6.07, 6.45) is 1.63. The summed E-state index contributed by atoms with van der Waals surface area (Å²) >= 11 is 0. The van der Waals surface area contributed by atoms with Gasteiger partial charge in [0.15, 0.2) is 6.61 Å². The molecule has 0 bridgehead atoms. The topological polar surface area (TPSA) is 63.2 Å². The SMILES string of the molecule is CNCc1ccc(OCC(=O)NCC(C)C)cn1. The van der Waals surface area contributed by atoms with E-state index in [-0.39, 0.29) is 12.5 Å². The second-order valence-electron chi connectivity index (χ2n) is 4.50. The number of carbonyl (C=O) groups excluding carboxylic acids is 1. The van der Waals surface area contributed by atoms with Crippen LogP contribution < -0.4 is 15.4 Å². The fourth-order valence-corrected chi connectivity index (χ4v) is 1.30. The van der Waals surface area contributed by atoms with Crippen LogP contribution >= 0.6 is 0 Å². The Morgan fingerprint density at radius 2 is 2.22 bits per heavy atom. The van der Waals surface area contributed by atoms with Gasteiger partial charge >= 0.3 is 0 Å². The lowest BCUT2D eigenvalue weighted by Gasteiger charge is -2.09. The summed E-state index contributed by atoms with van der Waals surface area (Å²) in [6, 6.07) is 3.69. The van der Waals surface area contributed by atoms with Crippen LogP contribution in [0.25, 0.3) is 0 Å². The first-order chi connectivity index (χ1) is 8.61. The molecule has 0 fully saturated rings. The highest BCUT2D eigenvalue weighted by atomic mass is 16.5. The van der Waals surface area contributed by atoms with E-state index in [1.807, 2.05) is 33.0 Å². The van der Waals surface area contributed by atoms with Crippen LogP contribution in [0.5, 0.6) is 5.75 Å². The van der Waals surface area contributed by atoms with Crippen LogP contribution in [-0.4, -0.2) is 31.1 Å². The van der Waals surface area contributed by atoms with Crippen molar-refractivity contribution in [2.75, 3.05) is 20.2 Å². The number of amides is 1. The number of nitrogens with zero attached hydrogens (tertiary/aromatic N) is 1. The molecular formula is C13H21N3O2. The van der Waals surface area contributed by atoms with Gasteiger partial charge in [-0.3, -0.25) is 9.78 Å². The molecule has 100 valence electrons. The fraction of sp³-hybridized carbons (Fsp3) is 0.538. The van der Waals surface area contributed by atoms with E-state index in [9.17, 15) is 4.79 Å². The van der Waals surface area contributed by atoms with E-state index in [4.69, 9.17) is 4.74 Å². The summed E-state index contributed by atoms with van der Waals surface area (Å²) in [5.41, 5.74) is 0.939. The molecule has 0 atom stereocenters. The van der Waals surface area contributed by atoms with E-state index in [1.54, 1.807) is 6.20 Å². The summed E-state index contributed by atoms with van der Waals surface area (Å²) in [4.78, 5) is 15.6. The monoisotopic (exact) mass is 251 g/mol. The van der Waals surface area contributed by atoms with Gasteiger partial charge in [-0.15, -0.1) is 0 Å². The summed E-state index contributed by atoms with van der Waals surface area (Å²) in [6.45, 7) is 5.51. The van der Waals surface area contributed by atoms with E-state index in [2.05, 4.69) is 15.6 Å². The number of rotatable bonds is 7. The van der Waals surface area contributed by atoms with Crippen LogP contribution in [0, 0.1) is 5.92 Å². The highest BCUT2D eigenvalue weighted by Gasteiger charge is 2.03. The average Bonchev–Trinajstić information content (AvgIpc) is 2.36. The first-order valence-electron chi connectivity index (χ1n) is 6.11. The van der Waals surface area contributed by atoms with Gasteiger partial charge in [-0.2, -0.15) is 0 Å². The lowest BCUT2D eigenvalue weighted by molar-refractivity contribution is -0.123. The molecule has 1 rings (SSSR count). The lowest BCUT2D eigenvalue weighted by Crippen LogP contribution is -2.31. The molecule has 5 heteroatoms. The van der Waals surface area contributed by atoms with E-state index >= 15 is 0 Å². The molecular weight excluding hydrogens is 230 g/mol. The summed E-state index contributed by atoms with van der Waals surface area (Å²) < 4.78 is 5.34. The number of hydrogen-bond donors (Lipinski definition) is 2. The first kappa shape index (κ1) is 14.4. The zero-order valence-electron chi connectivity index (χ0n) is 11.2. The third-order valence-corrected chi connectivity index (χ3v) is 2.23. The van der Waals surface area contributed by atoms with Crippen molar-refractivity contribution >= 4 is 5.91 Å². The van der Waals surface area contributed by atoms with Crippen LogP contribution in [0.2, 0.25) is 0 Å². The van der Waals surface area contributed by atoms with E-state index in [0.717, 1.165) is 12.2 Å². The number of nitrogens with one attached hydrogen (secondary N) is 2. The maximum atomic E-state index is 11.4. The van der Waals surface area contributed by atoms with Crippen molar-refractivity contribution in [1.82, 2.24) is 15.6 Å². The molecule has 0 aliphatic rings. The van der Waals surface area contributed by atoms with Gasteiger partial charge in [0.2, 0.25) is 0 Å². The Bertz CT molecular complexity index is 363. The zero-order valence-corrected chi connectivity index (χ0v) is 11.2. The van der Waals surface area contributed by atoms with Crippen LogP contribution in [0.15, 0.2) is 18.3 Å². The Labute approximate surface area is 108 Å². The van der Waals surface area contributed by atoms with Gasteiger partial charge in [-0.05, 0) is 25.1 Å². The first-order valence-corrected chi connectivity index (χ1v) is 6.11. The van der Waals surface area contributed by atoms with Crippen LogP contribution in [0.1, 0.15) is 19.5 Å². The summed E-state index contributed by atoms with van der Waals surface area (Å²) in [7, 11) is 1.87. The molecule has 0 aromatic carbocycles. The third kappa shape index (κ3) is 5.63. The molecule has 0 radical (unpaired) electrons. The Kier molecular flexibility index (Phi) is 6.14. The van der Waals surface area contributed by atoms with E-state index in [0.29, 0.717) is 18.2 Å². The van der Waals surface area contributed by atoms with Crippen molar-refractivity contribution in [1.29, 1.82) is 0 Å². The predicted octanol–water partition coefficient (Wildman–Crippen LogP) is 0.952. The second-order valence-corrected chi connectivity index (χ2v) is 4.50. The Morgan fingerprint density at radius 3 is 2.78 bits per heavy atom. The van der Waals surface area contributed by atoms with Crippen molar-refractivity contribution in [3.63, 3.8) is 0 Å². The van der Waals surface area contributed by atoms with Crippen LogP contribution in [0.3, 0.4) is 0 Å². The number of aromatic nitrogens is 1. The van der Waals surface area contributed by atoms with Crippen molar-refractivity contribution in [2.24, 2.45) is 5.92 Å². The number of carbonyl (C=O) groups is 1. The molecule has 1 aromatic rings. The summed E-state index contributed by atoms with van der Waals surface area (Å²) in [5, 5.41) is 5.80. The Balaban J connectivity index is 2.32. The normalized spacial score (nSPS) is 10.4. The van der Waals surface area contributed by atoms with Gasteiger partial charge in [0.1, 0.15) is 5.75 Å². The van der Waals surface area contributed by atoms with Gasteiger partial charge in [-0.1, -0.05) is 13.8 Å². The Morgan fingerprint density at radius 1 is 1.44 bits per heavy atom. The molecule has 1 amide bonds. The Hall–Kier alpha value is -1.62. The number of pyridine rings is 1. The van der Waals surface area contributed by atoms with E-state index in [1.165, 1.54) is 0 Å². The van der Waals surface area contributed by atoms with Gasteiger partial charge in [-0.25, -0.2) is 0 Å². The van der Waals surface area contributed by atoms with Gasteiger partial charge in [0.05, 0.1) is 11.9 Å². The van der Waals surface area contributed by atoms with Crippen LogP contribution in [-0.2, 0) is 11.3 Å². The van der Waals surface area contributed by atoms with Crippen molar-refractivity contribution < 1.29 is 9.53 Å². The number of ether oxygens (including phenoxy) is 1. The van der Waals surface area contributed by atoms with E-state index < -0.39 is 0 Å². The minimum Gasteiger partial charge on any atom is -0.482 e. The molecule has 0 saturated heterocycles. The highest BCUT2D eigenvalue weighted by Crippen LogP contribution is 2.08. The molecule has 0 unspecified atom stereocenters. The molecule has 0 aliphatic carbocycles. The second kappa shape index (κ2) is 7.66. The molecule has 0 saturated carbocycles. The third-order valence-electron chi connectivity index (χ3n) is 2.23. The lowest BCUT2D eigenvalue weighted by atomic mass is 10.2. The minimum absolute atomic E-state index is 0.0276. The van der Waals surface area contributed by atoms with Crippen molar-refractivity contribution in [3.8, 4) is 5.75 Å². The fourth-order valence-electron chi connectivity index (χ4n) is 1.30. The minimum atomic E-state index is -0.108. The molecule has 18 heavy (non-hydrogen) atoms. The highest BCUT2D eigenvalue weighted by molar-refractivity contribution is 5.77. The van der Waals surface area contributed by atoms with Gasteiger partial charge in [0.25, 0.3) is 5.91 Å². The van der Waals surface area contributed by atoms with Gasteiger partial charge < -0.3 is 15.4 Å². The molecule has 0 aliphatic heterocycles. The number of hydrogen-bond acceptors (Lipinski definition) is 4. The largest absolute Gasteiger partial charge is 0.482 e. The standard InChI is InChI=1S/C13H21N3O2/c1-10(2)6-16-13(17)9-18-12-5-4-11(7-14-3)15-8-12/h4-5,8,10,14H,6-7,9H2,1-3H3,(H,16,17). The smallest absolute Gasteiger partial charge is 0.257 e. The van der Waals surface area contributed by atoms with Crippen LogP contribution in [0.4, 0.5) is 0 Å². The zero-order chi connectivity index (χ0) is 13.4. The molecule has 5 nitrogen and oxygen atoms in total. The molecule has 1 heterocycles. The predicted molar refractivity (Wildman–Crippen MR) is 70.3 cm³/mol. The molecule has 2 N–H and O–H groups in total. The van der Waals surface area contributed by atoms with Gasteiger partial charge in [0, 0.05) is 13.1 Å². The summed E-state index contributed by atoms with van der Waals surface area (Å²) in [5.74, 6) is 0.939. The average molecular weight is 251 g/mol. The maximum absolute atomic E-state index is 11.4. The maximum Gasteiger partial charge on any atom is 0.257 e. The quantitative estimate of drug-likeness (QED) is 0.757. The van der Waals surface area contributed by atoms with Crippen molar-refractivity contribution in [3.05, 3.63) is 24.0 Å². The molecule has 0 spiro atoms. The van der Waals surface area contributed by atoms with Crippen molar-refractivity contribution in [2.45, 2.75) is 20.4 Å².